The smallest absolute Gasteiger partial charge is 0.307 e. The molecule has 0 aliphatic heterocycles. The van der Waals surface area contributed by atoms with E-state index in [-0.39, 0.29) is 12.4 Å². The fourth-order valence-corrected chi connectivity index (χ4v) is 1.27. The molecule has 1 heterocycles. The molecule has 0 unspecified atom stereocenters. The minimum absolute atomic E-state index is 0.160. The van der Waals surface area contributed by atoms with Gasteiger partial charge in [-0.2, -0.15) is 0 Å². The molecule has 2 N–H and O–H groups in total. The van der Waals surface area contributed by atoms with Gasteiger partial charge in [0, 0.05) is 18.9 Å². The quantitative estimate of drug-likeness (QED) is 0.712. The number of nitrogens with zero attached hydrogens (tertiary/aromatic N) is 2. The second kappa shape index (κ2) is 4.76. The lowest BCUT2D eigenvalue weighted by molar-refractivity contribution is -0.141. The number of ether oxygens (including phenoxy) is 1. The van der Waals surface area contributed by atoms with E-state index in [4.69, 9.17) is 5.73 Å². The van der Waals surface area contributed by atoms with Crippen LogP contribution >= 0.6 is 0 Å². The molecule has 0 aromatic carbocycles. The molecule has 0 aliphatic rings. The first-order chi connectivity index (χ1) is 6.69. The normalized spacial score (nSPS) is 12.5. The molecule has 1 aromatic rings. The van der Waals surface area contributed by atoms with Gasteiger partial charge < -0.3 is 15.0 Å². The highest BCUT2D eigenvalue weighted by molar-refractivity contribution is 5.70. The van der Waals surface area contributed by atoms with E-state index in [2.05, 4.69) is 9.72 Å². The molecule has 1 rings (SSSR count). The topological polar surface area (TPSA) is 70.1 Å². The summed E-state index contributed by atoms with van der Waals surface area (Å²) in [5, 5.41) is 0. The number of hydrogen-bond acceptors (Lipinski definition) is 4. The number of rotatable bonds is 4. The predicted molar refractivity (Wildman–Crippen MR) is 51.5 cm³/mol. The largest absolute Gasteiger partial charge is 0.469 e. The van der Waals surface area contributed by atoms with E-state index in [1.54, 1.807) is 6.20 Å². The van der Waals surface area contributed by atoms with Crippen molar-refractivity contribution in [2.45, 2.75) is 25.9 Å². The van der Waals surface area contributed by atoms with Gasteiger partial charge in [0.05, 0.1) is 19.6 Å². The summed E-state index contributed by atoms with van der Waals surface area (Å²) in [4.78, 5) is 15.1. The maximum Gasteiger partial charge on any atom is 0.307 e. The van der Waals surface area contributed by atoms with Gasteiger partial charge in [0.15, 0.2) is 0 Å². The summed E-state index contributed by atoms with van der Waals surface area (Å²) >= 11 is 0. The van der Waals surface area contributed by atoms with Crippen molar-refractivity contribution in [3.05, 3.63) is 18.2 Å². The van der Waals surface area contributed by atoms with Crippen molar-refractivity contribution < 1.29 is 9.53 Å². The van der Waals surface area contributed by atoms with E-state index >= 15 is 0 Å². The SMILES string of the molecule is CCn1ccnc1[C@@H](N)CC(=O)OC. The molecule has 5 nitrogen and oxygen atoms in total. The Hall–Kier alpha value is -1.36. The van der Waals surface area contributed by atoms with E-state index in [1.807, 2.05) is 17.7 Å². The Morgan fingerprint density at radius 3 is 3.07 bits per heavy atom. The average molecular weight is 197 g/mol. The summed E-state index contributed by atoms with van der Waals surface area (Å²) in [6, 6.07) is -0.391. The van der Waals surface area contributed by atoms with Crippen LogP contribution in [-0.2, 0) is 16.1 Å². The Morgan fingerprint density at radius 2 is 2.50 bits per heavy atom. The second-order valence-electron chi connectivity index (χ2n) is 2.96. The first-order valence-electron chi connectivity index (χ1n) is 4.52. The van der Waals surface area contributed by atoms with Gasteiger partial charge >= 0.3 is 5.97 Å². The maximum atomic E-state index is 11.0. The molecule has 0 amide bonds. The third-order valence-electron chi connectivity index (χ3n) is 2.03. The molecule has 0 spiro atoms. The van der Waals surface area contributed by atoms with Crippen LogP contribution in [0.2, 0.25) is 0 Å². The Morgan fingerprint density at radius 1 is 1.79 bits per heavy atom. The van der Waals surface area contributed by atoms with E-state index < -0.39 is 6.04 Å². The molecule has 0 saturated carbocycles. The van der Waals surface area contributed by atoms with Gasteiger partial charge in [-0.1, -0.05) is 0 Å². The molecular weight excluding hydrogens is 182 g/mol. The molecule has 1 atom stereocenters. The van der Waals surface area contributed by atoms with Crippen LogP contribution in [0.4, 0.5) is 0 Å². The van der Waals surface area contributed by atoms with Crippen LogP contribution in [-0.4, -0.2) is 22.6 Å². The Kier molecular flexibility index (Phi) is 3.64. The van der Waals surface area contributed by atoms with E-state index in [0.29, 0.717) is 0 Å². The third-order valence-corrected chi connectivity index (χ3v) is 2.03. The molecule has 0 saturated heterocycles. The van der Waals surface area contributed by atoms with Crippen LogP contribution in [0.3, 0.4) is 0 Å². The van der Waals surface area contributed by atoms with Crippen molar-refractivity contribution in [1.82, 2.24) is 9.55 Å². The molecule has 5 heteroatoms. The molecular formula is C9H15N3O2. The van der Waals surface area contributed by atoms with Gasteiger partial charge in [-0.05, 0) is 6.92 Å². The van der Waals surface area contributed by atoms with Crippen molar-refractivity contribution in [3.8, 4) is 0 Å². The van der Waals surface area contributed by atoms with Crippen LogP contribution in [0.5, 0.6) is 0 Å². The summed E-state index contributed by atoms with van der Waals surface area (Å²) < 4.78 is 6.45. The fraction of sp³-hybridized carbons (Fsp3) is 0.556. The van der Waals surface area contributed by atoms with Gasteiger partial charge in [-0.15, -0.1) is 0 Å². The highest BCUT2D eigenvalue weighted by Gasteiger charge is 2.15. The van der Waals surface area contributed by atoms with Gasteiger partial charge in [-0.3, -0.25) is 4.79 Å². The monoisotopic (exact) mass is 197 g/mol. The summed E-state index contributed by atoms with van der Waals surface area (Å²) in [6.07, 6.45) is 3.68. The first kappa shape index (κ1) is 10.7. The Balaban J connectivity index is 2.68. The number of hydrogen-bond donors (Lipinski definition) is 1. The summed E-state index contributed by atoms with van der Waals surface area (Å²) in [5.74, 6) is 0.404. The summed E-state index contributed by atoms with van der Waals surface area (Å²) in [7, 11) is 1.35. The van der Waals surface area contributed by atoms with Crippen LogP contribution in [0.25, 0.3) is 0 Å². The van der Waals surface area contributed by atoms with Gasteiger partial charge in [0.25, 0.3) is 0 Å². The zero-order valence-electron chi connectivity index (χ0n) is 8.43. The number of esters is 1. The third kappa shape index (κ3) is 2.32. The number of methoxy groups -OCH3 is 1. The van der Waals surface area contributed by atoms with Crippen molar-refractivity contribution >= 4 is 5.97 Å². The summed E-state index contributed by atoms with van der Waals surface area (Å²) in [5.41, 5.74) is 5.81. The standard InChI is InChI=1S/C9H15N3O2/c1-3-12-5-4-11-9(12)7(10)6-8(13)14-2/h4-5,7H,3,6,10H2,1-2H3/t7-/m0/s1. The molecule has 14 heavy (non-hydrogen) atoms. The van der Waals surface area contributed by atoms with Crippen LogP contribution in [0.15, 0.2) is 12.4 Å². The van der Waals surface area contributed by atoms with Crippen LogP contribution in [0.1, 0.15) is 25.2 Å². The lowest BCUT2D eigenvalue weighted by Crippen LogP contribution is -2.20. The number of aryl methyl sites for hydroxylation is 1. The lowest BCUT2D eigenvalue weighted by atomic mass is 10.2. The highest BCUT2D eigenvalue weighted by atomic mass is 16.5. The number of carbonyl (C=O) groups is 1. The van der Waals surface area contributed by atoms with E-state index in [9.17, 15) is 4.79 Å². The minimum atomic E-state index is -0.391. The van der Waals surface area contributed by atoms with Gasteiger partial charge in [0.1, 0.15) is 5.82 Å². The van der Waals surface area contributed by atoms with Crippen molar-refractivity contribution in [2.24, 2.45) is 5.73 Å². The maximum absolute atomic E-state index is 11.0. The molecule has 1 aromatic heterocycles. The number of nitrogens with two attached hydrogens (primary N) is 1. The second-order valence-corrected chi connectivity index (χ2v) is 2.96. The van der Waals surface area contributed by atoms with Crippen molar-refractivity contribution in [2.75, 3.05) is 7.11 Å². The molecule has 0 fully saturated rings. The zero-order valence-corrected chi connectivity index (χ0v) is 8.43. The molecule has 0 aliphatic carbocycles. The van der Waals surface area contributed by atoms with E-state index in [1.165, 1.54) is 7.11 Å². The van der Waals surface area contributed by atoms with Gasteiger partial charge in [0.2, 0.25) is 0 Å². The molecule has 78 valence electrons. The predicted octanol–water partition coefficient (Wildman–Crippen LogP) is 0.466. The average Bonchev–Trinajstić information content (AvgIpc) is 2.65. The lowest BCUT2D eigenvalue weighted by Gasteiger charge is -2.11. The summed E-state index contributed by atoms with van der Waals surface area (Å²) in [6.45, 7) is 2.79. The molecule has 0 radical (unpaired) electrons. The van der Waals surface area contributed by atoms with Crippen molar-refractivity contribution in [3.63, 3.8) is 0 Å². The number of carbonyl (C=O) groups excluding carboxylic acids is 1. The Labute approximate surface area is 82.9 Å². The fourth-order valence-electron chi connectivity index (χ4n) is 1.27. The van der Waals surface area contributed by atoms with E-state index in [0.717, 1.165) is 12.4 Å². The highest BCUT2D eigenvalue weighted by Crippen LogP contribution is 2.12. The zero-order chi connectivity index (χ0) is 10.6. The number of imidazole rings is 1. The first-order valence-corrected chi connectivity index (χ1v) is 4.52. The number of aromatic nitrogens is 2. The minimum Gasteiger partial charge on any atom is -0.469 e. The Bertz CT molecular complexity index is 309. The van der Waals surface area contributed by atoms with Gasteiger partial charge in [-0.25, -0.2) is 4.98 Å². The van der Waals surface area contributed by atoms with Crippen molar-refractivity contribution in [1.29, 1.82) is 0 Å². The van der Waals surface area contributed by atoms with Crippen LogP contribution in [0, 0.1) is 0 Å². The van der Waals surface area contributed by atoms with Crippen LogP contribution < -0.4 is 5.73 Å². The molecule has 0 bridgehead atoms.